The number of carbonyl (C=O) groups excluding carboxylic acids is 2. The summed E-state index contributed by atoms with van der Waals surface area (Å²) in [5, 5.41) is 11.5. The van der Waals surface area contributed by atoms with Crippen LogP contribution in [0.2, 0.25) is 0 Å². The van der Waals surface area contributed by atoms with Crippen LogP contribution in [0, 0.1) is 13.8 Å². The summed E-state index contributed by atoms with van der Waals surface area (Å²) in [6.07, 6.45) is -1.38. The number of thiophene rings is 1. The third-order valence-electron chi connectivity index (χ3n) is 5.46. The topological polar surface area (TPSA) is 121 Å². The number of fused-ring (bicyclic) bond motifs is 1. The predicted molar refractivity (Wildman–Crippen MR) is 133 cm³/mol. The number of primary amides is 1. The van der Waals surface area contributed by atoms with Gasteiger partial charge in [-0.2, -0.15) is 23.4 Å². The van der Waals surface area contributed by atoms with Crippen molar-refractivity contribution in [2.45, 2.75) is 46.5 Å². The lowest BCUT2D eigenvalue weighted by atomic mass is 10.0. The van der Waals surface area contributed by atoms with Crippen molar-refractivity contribution in [3.05, 3.63) is 44.9 Å². The fourth-order valence-electron chi connectivity index (χ4n) is 3.72. The molecule has 4 aromatic rings. The van der Waals surface area contributed by atoms with Gasteiger partial charge in [0.25, 0.3) is 5.91 Å². The van der Waals surface area contributed by atoms with Crippen LogP contribution in [0.1, 0.15) is 40.1 Å². The lowest BCUT2D eigenvalue weighted by Gasteiger charge is -2.12. The van der Waals surface area contributed by atoms with Gasteiger partial charge >= 0.3 is 6.18 Å². The molecule has 0 unspecified atom stereocenters. The lowest BCUT2D eigenvalue weighted by Crippen LogP contribution is -2.18. The van der Waals surface area contributed by atoms with Gasteiger partial charge in [0.15, 0.2) is 0 Å². The Labute approximate surface area is 215 Å². The zero-order valence-corrected chi connectivity index (χ0v) is 21.8. The molecule has 4 aromatic heterocycles. The molecule has 36 heavy (non-hydrogen) atoms. The molecule has 0 aliphatic rings. The van der Waals surface area contributed by atoms with Crippen LogP contribution in [0.15, 0.2) is 22.9 Å². The molecule has 14 heteroatoms. The Morgan fingerprint density at radius 1 is 1.14 bits per heavy atom. The number of nitrogens with one attached hydrogen (secondary N) is 1. The van der Waals surface area contributed by atoms with Gasteiger partial charge in [-0.15, -0.1) is 11.3 Å². The van der Waals surface area contributed by atoms with E-state index in [0.29, 0.717) is 29.1 Å². The van der Waals surface area contributed by atoms with Crippen LogP contribution in [-0.4, -0.2) is 36.4 Å². The third kappa shape index (κ3) is 5.00. The first-order valence-corrected chi connectivity index (χ1v) is 12.4. The van der Waals surface area contributed by atoms with E-state index >= 15 is 0 Å². The molecule has 9 nitrogen and oxygen atoms in total. The standard InChI is InChI=1S/C22H21BrF3N7O2S/c1-4-32-8-13(10(2)30-32)12-7-15(22(24,25)26)28-21-17(12)18(19(36-21)20(27)35)29-16(34)5-6-33-9-14(23)11(3)31-33/h7-9H,4-6H2,1-3H3,(H2,27,35)(H,29,34). The zero-order chi connectivity index (χ0) is 26.4. The van der Waals surface area contributed by atoms with Crippen molar-refractivity contribution in [1.82, 2.24) is 24.5 Å². The normalized spacial score (nSPS) is 11.9. The van der Waals surface area contributed by atoms with Crippen LogP contribution in [0.3, 0.4) is 0 Å². The highest BCUT2D eigenvalue weighted by Crippen LogP contribution is 2.44. The maximum atomic E-state index is 13.7. The number of carbonyl (C=O) groups is 2. The summed E-state index contributed by atoms with van der Waals surface area (Å²) in [5.41, 5.74) is 6.27. The van der Waals surface area contributed by atoms with Crippen molar-refractivity contribution < 1.29 is 22.8 Å². The Morgan fingerprint density at radius 3 is 2.39 bits per heavy atom. The van der Waals surface area contributed by atoms with Gasteiger partial charge in [-0.05, 0) is 48.3 Å². The van der Waals surface area contributed by atoms with E-state index in [0.717, 1.165) is 16.2 Å². The largest absolute Gasteiger partial charge is 0.433 e. The van der Waals surface area contributed by atoms with Gasteiger partial charge in [0.2, 0.25) is 5.91 Å². The molecule has 4 rings (SSSR count). The van der Waals surface area contributed by atoms with E-state index in [-0.39, 0.29) is 39.3 Å². The average Bonchev–Trinajstić information content (AvgIpc) is 3.46. The van der Waals surface area contributed by atoms with Gasteiger partial charge in [0.1, 0.15) is 15.4 Å². The first-order chi connectivity index (χ1) is 16.9. The Morgan fingerprint density at radius 2 is 1.83 bits per heavy atom. The molecule has 0 radical (unpaired) electrons. The van der Waals surface area contributed by atoms with Crippen molar-refractivity contribution in [2.24, 2.45) is 5.73 Å². The molecule has 0 spiro atoms. The third-order valence-corrected chi connectivity index (χ3v) is 7.33. The van der Waals surface area contributed by atoms with Crippen LogP contribution in [0.5, 0.6) is 0 Å². The van der Waals surface area contributed by atoms with E-state index in [1.54, 1.807) is 28.7 Å². The summed E-state index contributed by atoms with van der Waals surface area (Å²) in [5.74, 6) is -1.35. The molecule has 0 atom stereocenters. The number of halogens is 4. The van der Waals surface area contributed by atoms with E-state index in [1.807, 2.05) is 13.8 Å². The summed E-state index contributed by atoms with van der Waals surface area (Å²) >= 11 is 4.06. The van der Waals surface area contributed by atoms with Gasteiger partial charge in [-0.1, -0.05) is 0 Å². The number of nitrogens with zero attached hydrogens (tertiary/aromatic N) is 5. The Hall–Kier alpha value is -3.26. The Balaban J connectivity index is 1.83. The summed E-state index contributed by atoms with van der Waals surface area (Å²) in [4.78, 5) is 28.7. The Kier molecular flexibility index (Phi) is 6.92. The molecule has 3 N–H and O–H groups in total. The Bertz CT molecular complexity index is 1470. The minimum atomic E-state index is -4.73. The number of nitrogens with two attached hydrogens (primary N) is 1. The van der Waals surface area contributed by atoms with Crippen molar-refractivity contribution in [2.75, 3.05) is 5.32 Å². The highest BCUT2D eigenvalue weighted by atomic mass is 79.9. The quantitative estimate of drug-likeness (QED) is 0.320. The summed E-state index contributed by atoms with van der Waals surface area (Å²) in [6.45, 7) is 6.08. The van der Waals surface area contributed by atoms with E-state index in [4.69, 9.17) is 5.73 Å². The molecule has 0 saturated carbocycles. The van der Waals surface area contributed by atoms with Gasteiger partial charge in [-0.3, -0.25) is 19.0 Å². The SMILES string of the molecule is CCn1cc(-c2cc(C(F)(F)F)nc3sc(C(N)=O)c(NC(=O)CCn4cc(Br)c(C)n4)c23)c(C)n1. The number of rotatable bonds is 7. The van der Waals surface area contributed by atoms with Crippen molar-refractivity contribution >= 4 is 55.0 Å². The second-order valence-electron chi connectivity index (χ2n) is 8.01. The van der Waals surface area contributed by atoms with Gasteiger partial charge < -0.3 is 11.1 Å². The molecule has 0 aliphatic heterocycles. The maximum absolute atomic E-state index is 13.7. The second-order valence-corrected chi connectivity index (χ2v) is 9.86. The predicted octanol–water partition coefficient (Wildman–Crippen LogP) is 4.90. The fraction of sp³-hybridized carbons (Fsp3) is 0.318. The number of amides is 2. The van der Waals surface area contributed by atoms with E-state index < -0.39 is 23.7 Å². The van der Waals surface area contributed by atoms with E-state index in [9.17, 15) is 22.8 Å². The molecular weight excluding hydrogens is 563 g/mol. The maximum Gasteiger partial charge on any atom is 0.433 e. The number of aromatic nitrogens is 5. The molecule has 0 bridgehead atoms. The molecule has 0 aliphatic carbocycles. The molecule has 0 saturated heterocycles. The molecule has 0 fully saturated rings. The highest BCUT2D eigenvalue weighted by Gasteiger charge is 2.35. The first kappa shape index (κ1) is 25.8. The van der Waals surface area contributed by atoms with Crippen LogP contribution >= 0.6 is 27.3 Å². The van der Waals surface area contributed by atoms with Gasteiger partial charge in [-0.25, -0.2) is 4.98 Å². The fourth-order valence-corrected chi connectivity index (χ4v) is 5.04. The van der Waals surface area contributed by atoms with Gasteiger partial charge in [0, 0.05) is 42.9 Å². The lowest BCUT2D eigenvalue weighted by molar-refractivity contribution is -0.140. The van der Waals surface area contributed by atoms with Crippen LogP contribution in [0.25, 0.3) is 21.3 Å². The van der Waals surface area contributed by atoms with E-state index in [2.05, 4.69) is 36.4 Å². The highest BCUT2D eigenvalue weighted by molar-refractivity contribution is 9.10. The minimum absolute atomic E-state index is 0.000701. The van der Waals surface area contributed by atoms with Crippen molar-refractivity contribution in [3.8, 4) is 11.1 Å². The summed E-state index contributed by atoms with van der Waals surface area (Å²) < 4.78 is 45.1. The summed E-state index contributed by atoms with van der Waals surface area (Å²) in [6, 6.07) is 0.906. The number of anilines is 1. The first-order valence-electron chi connectivity index (χ1n) is 10.8. The molecule has 190 valence electrons. The van der Waals surface area contributed by atoms with Crippen molar-refractivity contribution in [3.63, 3.8) is 0 Å². The number of alkyl halides is 3. The monoisotopic (exact) mass is 583 g/mol. The summed E-state index contributed by atoms with van der Waals surface area (Å²) in [7, 11) is 0. The van der Waals surface area contributed by atoms with Crippen LogP contribution in [-0.2, 0) is 24.1 Å². The van der Waals surface area contributed by atoms with Crippen LogP contribution in [0.4, 0.5) is 18.9 Å². The number of pyridine rings is 1. The second kappa shape index (κ2) is 9.65. The average molecular weight is 584 g/mol. The molecule has 4 heterocycles. The number of hydrogen-bond donors (Lipinski definition) is 2. The van der Waals surface area contributed by atoms with Gasteiger partial charge in [0.05, 0.1) is 21.5 Å². The molecular formula is C22H21BrF3N7O2S. The van der Waals surface area contributed by atoms with Crippen LogP contribution < -0.4 is 11.1 Å². The van der Waals surface area contributed by atoms with E-state index in [1.165, 1.54) is 0 Å². The smallest absolute Gasteiger partial charge is 0.365 e. The van der Waals surface area contributed by atoms with Crippen molar-refractivity contribution in [1.29, 1.82) is 0 Å². The zero-order valence-electron chi connectivity index (χ0n) is 19.4. The molecule has 2 amide bonds. The number of aryl methyl sites for hydroxylation is 4. The molecule has 0 aromatic carbocycles. The minimum Gasteiger partial charge on any atom is -0.365 e. The number of hydrogen-bond acceptors (Lipinski definition) is 6.